The molecule has 0 saturated carbocycles. The second kappa shape index (κ2) is 15.9. The second-order valence-corrected chi connectivity index (χ2v) is 8.23. The van der Waals surface area contributed by atoms with E-state index in [9.17, 15) is 33.9 Å². The van der Waals surface area contributed by atoms with E-state index in [0.29, 0.717) is 6.42 Å². The van der Waals surface area contributed by atoms with Crippen molar-refractivity contribution in [2.24, 2.45) is 39.6 Å². The van der Waals surface area contributed by atoms with Crippen molar-refractivity contribution in [2.75, 3.05) is 6.54 Å². The highest BCUT2D eigenvalue weighted by Crippen LogP contribution is 2.10. The molecule has 0 aromatic rings. The lowest BCUT2D eigenvalue weighted by Gasteiger charge is -2.27. The number of carbonyl (C=O) groups excluding carboxylic acids is 5. The Balaban J connectivity index is 5.54. The van der Waals surface area contributed by atoms with Gasteiger partial charge in [-0.2, -0.15) is 0 Å². The predicted molar refractivity (Wildman–Crippen MR) is 128 cm³/mol. The number of hydrogen-bond acceptors (Lipinski definition) is 8. The zero-order chi connectivity index (χ0) is 28.0. The van der Waals surface area contributed by atoms with Crippen LogP contribution in [0.5, 0.6) is 0 Å². The zero-order valence-corrected chi connectivity index (χ0v) is 20.4. The van der Waals surface area contributed by atoms with Crippen molar-refractivity contribution < 1.29 is 33.9 Å². The van der Waals surface area contributed by atoms with Gasteiger partial charge in [-0.15, -0.1) is 0 Å². The molecule has 14 N–H and O–H groups in total. The second-order valence-electron chi connectivity index (χ2n) is 8.23. The molecule has 5 atom stereocenters. The van der Waals surface area contributed by atoms with E-state index >= 15 is 0 Å². The van der Waals surface area contributed by atoms with E-state index in [2.05, 4.69) is 20.9 Å². The molecule has 5 unspecified atom stereocenters. The number of aliphatic carboxylic acids is 1. The van der Waals surface area contributed by atoms with Crippen LogP contribution in [0.2, 0.25) is 0 Å². The largest absolute Gasteiger partial charge is 0.480 e. The molecule has 0 fully saturated rings. The fourth-order valence-corrected chi connectivity index (χ4v) is 2.98. The maximum absolute atomic E-state index is 13.0. The number of carbonyl (C=O) groups is 6. The molecule has 0 aliphatic heterocycles. The smallest absolute Gasteiger partial charge is 0.326 e. The third-order valence-corrected chi connectivity index (χ3v) is 5.15. The fourth-order valence-electron chi connectivity index (χ4n) is 2.98. The third kappa shape index (κ3) is 12.5. The highest BCUT2D eigenvalue weighted by Gasteiger charge is 2.33. The van der Waals surface area contributed by atoms with Gasteiger partial charge in [0.15, 0.2) is 5.96 Å². The van der Waals surface area contributed by atoms with Gasteiger partial charge in [0.1, 0.15) is 18.1 Å². The Morgan fingerprint density at radius 1 is 0.833 bits per heavy atom. The van der Waals surface area contributed by atoms with Crippen LogP contribution in [0.4, 0.5) is 0 Å². The van der Waals surface area contributed by atoms with E-state index in [4.69, 9.17) is 28.7 Å². The Morgan fingerprint density at radius 3 is 1.86 bits per heavy atom. The van der Waals surface area contributed by atoms with Gasteiger partial charge in [0.05, 0.1) is 18.9 Å². The lowest BCUT2D eigenvalue weighted by atomic mass is 9.97. The van der Waals surface area contributed by atoms with Gasteiger partial charge in [-0.1, -0.05) is 20.3 Å². The Labute approximate surface area is 208 Å². The molecule has 0 bridgehead atoms. The third-order valence-electron chi connectivity index (χ3n) is 5.15. The first-order valence-electron chi connectivity index (χ1n) is 11.2. The summed E-state index contributed by atoms with van der Waals surface area (Å²) in [6.07, 6.45) is -0.492. The van der Waals surface area contributed by atoms with Crippen molar-refractivity contribution in [1.82, 2.24) is 16.0 Å². The first-order valence-corrected chi connectivity index (χ1v) is 11.2. The summed E-state index contributed by atoms with van der Waals surface area (Å²) >= 11 is 0. The molecule has 0 aliphatic carbocycles. The molecule has 0 saturated heterocycles. The van der Waals surface area contributed by atoms with Crippen LogP contribution < -0.4 is 44.6 Å². The molecule has 204 valence electrons. The number of amides is 5. The van der Waals surface area contributed by atoms with Gasteiger partial charge in [0.2, 0.25) is 29.5 Å². The van der Waals surface area contributed by atoms with Gasteiger partial charge in [0.25, 0.3) is 0 Å². The summed E-state index contributed by atoms with van der Waals surface area (Å²) in [6, 6.07) is -5.39. The van der Waals surface area contributed by atoms with Crippen LogP contribution in [-0.2, 0) is 28.8 Å². The fraction of sp³-hybridized carbons (Fsp3) is 0.650. The number of aliphatic imine (C=N–C) groups is 1. The Morgan fingerprint density at radius 2 is 1.39 bits per heavy atom. The number of rotatable bonds is 17. The maximum atomic E-state index is 13.0. The summed E-state index contributed by atoms with van der Waals surface area (Å²) in [4.78, 5) is 75.9. The minimum Gasteiger partial charge on any atom is -0.480 e. The van der Waals surface area contributed by atoms with Gasteiger partial charge in [-0.25, -0.2) is 4.79 Å². The van der Waals surface area contributed by atoms with Crippen molar-refractivity contribution in [3.05, 3.63) is 0 Å². The summed E-state index contributed by atoms with van der Waals surface area (Å²) in [5.41, 5.74) is 26.3. The van der Waals surface area contributed by atoms with Gasteiger partial charge in [-0.3, -0.25) is 29.0 Å². The van der Waals surface area contributed by atoms with Crippen LogP contribution in [0.15, 0.2) is 4.99 Å². The van der Waals surface area contributed by atoms with Crippen LogP contribution in [0.1, 0.15) is 46.0 Å². The number of primary amides is 2. The lowest BCUT2D eigenvalue weighted by molar-refractivity contribution is -0.142. The monoisotopic (exact) mass is 515 g/mol. The van der Waals surface area contributed by atoms with Crippen LogP contribution >= 0.6 is 0 Å². The van der Waals surface area contributed by atoms with E-state index in [1.165, 1.54) is 0 Å². The van der Waals surface area contributed by atoms with Crippen molar-refractivity contribution in [3.63, 3.8) is 0 Å². The highest BCUT2D eigenvalue weighted by atomic mass is 16.4. The molecule has 16 nitrogen and oxygen atoms in total. The van der Waals surface area contributed by atoms with E-state index in [1.54, 1.807) is 13.8 Å². The van der Waals surface area contributed by atoms with Gasteiger partial charge < -0.3 is 49.7 Å². The standard InChI is InChI=1S/C20H37N9O7/c1-3-9(2)15(29-16(32)10(21)7-13(22)30)18(34)28-12(8-14(23)31)17(33)27-11(19(35)36)5-4-6-26-20(24)25/h9-12,15H,3-8,21H2,1-2H3,(H2,22,30)(H2,23,31)(H,27,33)(H,28,34)(H,29,32)(H,35,36)(H4,24,25,26). The lowest BCUT2D eigenvalue weighted by Crippen LogP contribution is -2.59. The summed E-state index contributed by atoms with van der Waals surface area (Å²) in [5, 5.41) is 16.4. The Hall–Kier alpha value is -3.95. The molecular weight excluding hydrogens is 478 g/mol. The number of hydrogen-bond donors (Lipinski definition) is 9. The topological polar surface area (TPSA) is 301 Å². The van der Waals surface area contributed by atoms with Crippen molar-refractivity contribution in [1.29, 1.82) is 0 Å². The highest BCUT2D eigenvalue weighted by molar-refractivity contribution is 5.96. The van der Waals surface area contributed by atoms with Gasteiger partial charge >= 0.3 is 5.97 Å². The minimum atomic E-state index is -1.53. The van der Waals surface area contributed by atoms with Gasteiger partial charge in [-0.05, 0) is 18.8 Å². The van der Waals surface area contributed by atoms with Crippen molar-refractivity contribution in [3.8, 4) is 0 Å². The van der Waals surface area contributed by atoms with Crippen LogP contribution in [-0.4, -0.2) is 77.3 Å². The molecule has 16 heteroatoms. The number of carboxylic acid groups (broad SMARTS) is 1. The Kier molecular flexibility index (Phi) is 14.1. The SMILES string of the molecule is CCC(C)C(NC(=O)C(N)CC(N)=O)C(=O)NC(CC(N)=O)C(=O)NC(CCCN=C(N)N)C(=O)O. The minimum absolute atomic E-state index is 0.0433. The average molecular weight is 516 g/mol. The number of nitrogens with zero attached hydrogens (tertiary/aromatic N) is 1. The molecule has 0 spiro atoms. The molecule has 0 aromatic carbocycles. The zero-order valence-electron chi connectivity index (χ0n) is 20.4. The Bertz CT molecular complexity index is 845. The van der Waals surface area contributed by atoms with E-state index in [0.717, 1.165) is 0 Å². The van der Waals surface area contributed by atoms with Crippen LogP contribution in [0.25, 0.3) is 0 Å². The average Bonchev–Trinajstić information content (AvgIpc) is 2.76. The predicted octanol–water partition coefficient (Wildman–Crippen LogP) is -4.30. The summed E-state index contributed by atoms with van der Waals surface area (Å²) < 4.78 is 0. The van der Waals surface area contributed by atoms with Crippen molar-refractivity contribution >= 4 is 41.5 Å². The quantitative estimate of drug-likeness (QED) is 0.0509. The normalized spacial score (nSPS) is 14.8. The van der Waals surface area contributed by atoms with E-state index < -0.39 is 78.4 Å². The molecule has 0 aromatic heterocycles. The first kappa shape index (κ1) is 32.0. The van der Waals surface area contributed by atoms with E-state index in [1.807, 2.05) is 0 Å². The summed E-state index contributed by atoms with van der Waals surface area (Å²) in [7, 11) is 0. The molecule has 0 rings (SSSR count). The molecule has 36 heavy (non-hydrogen) atoms. The summed E-state index contributed by atoms with van der Waals surface area (Å²) in [6.45, 7) is 3.51. The molecular formula is C20H37N9O7. The number of nitrogens with one attached hydrogen (secondary N) is 3. The van der Waals surface area contributed by atoms with E-state index in [-0.39, 0.29) is 25.3 Å². The molecule has 5 amide bonds. The van der Waals surface area contributed by atoms with Crippen molar-refractivity contribution in [2.45, 2.75) is 70.1 Å². The number of nitrogens with two attached hydrogens (primary N) is 5. The maximum Gasteiger partial charge on any atom is 0.326 e. The molecule has 0 aliphatic rings. The summed E-state index contributed by atoms with van der Waals surface area (Å²) in [5.74, 6) is -6.37. The van der Waals surface area contributed by atoms with Crippen LogP contribution in [0.3, 0.4) is 0 Å². The van der Waals surface area contributed by atoms with Crippen LogP contribution in [0, 0.1) is 5.92 Å². The van der Waals surface area contributed by atoms with Gasteiger partial charge in [0, 0.05) is 6.54 Å². The number of guanidine groups is 1. The molecule has 0 heterocycles. The number of carboxylic acids is 1. The first-order chi connectivity index (χ1) is 16.7. The molecule has 0 radical (unpaired) electrons.